The van der Waals surface area contributed by atoms with Crippen molar-refractivity contribution in [1.82, 2.24) is 10.0 Å². The van der Waals surface area contributed by atoms with Crippen LogP contribution in [0.15, 0.2) is 53.4 Å². The van der Waals surface area contributed by atoms with Crippen molar-refractivity contribution in [3.05, 3.63) is 64.7 Å². The predicted octanol–water partition coefficient (Wildman–Crippen LogP) is 3.35. The van der Waals surface area contributed by atoms with E-state index in [1.54, 1.807) is 39.0 Å². The Morgan fingerprint density at radius 1 is 1.08 bits per heavy atom. The molecule has 134 valence electrons. The highest BCUT2D eigenvalue weighted by Crippen LogP contribution is 2.16. The molecule has 0 aliphatic carbocycles. The minimum absolute atomic E-state index is 0.0489. The summed E-state index contributed by atoms with van der Waals surface area (Å²) in [5, 5.41) is 3.31. The summed E-state index contributed by atoms with van der Waals surface area (Å²) in [4.78, 5) is 12.4. The number of carbonyl (C=O) groups is 1. The molecule has 0 bridgehead atoms. The van der Waals surface area contributed by atoms with Crippen LogP contribution in [-0.2, 0) is 16.6 Å². The molecule has 0 aromatic heterocycles. The molecule has 25 heavy (non-hydrogen) atoms. The summed E-state index contributed by atoms with van der Waals surface area (Å²) in [7, 11) is -3.70. The molecule has 0 radical (unpaired) electrons. The zero-order valence-corrected chi connectivity index (χ0v) is 15.9. The number of hydrogen-bond donors (Lipinski definition) is 2. The van der Waals surface area contributed by atoms with Gasteiger partial charge in [0.15, 0.2) is 0 Å². The Kier molecular flexibility index (Phi) is 5.87. The number of benzene rings is 2. The molecule has 2 aromatic carbocycles. The highest BCUT2D eigenvalue weighted by atomic mass is 35.5. The van der Waals surface area contributed by atoms with E-state index in [1.807, 2.05) is 18.2 Å². The smallest absolute Gasteiger partial charge is 0.251 e. The Morgan fingerprint density at radius 2 is 1.76 bits per heavy atom. The Labute approximate surface area is 153 Å². The average molecular weight is 381 g/mol. The molecular formula is C18H21ClN2O3S. The normalized spacial score (nSPS) is 12.0. The first kappa shape index (κ1) is 19.4. The van der Waals surface area contributed by atoms with Crippen LogP contribution in [0.5, 0.6) is 0 Å². The summed E-state index contributed by atoms with van der Waals surface area (Å²) in [6.45, 7) is 5.52. The van der Waals surface area contributed by atoms with Crippen molar-refractivity contribution >= 4 is 27.5 Å². The first-order chi connectivity index (χ1) is 11.6. The van der Waals surface area contributed by atoms with Crippen molar-refractivity contribution in [3.8, 4) is 0 Å². The van der Waals surface area contributed by atoms with E-state index in [0.29, 0.717) is 5.02 Å². The van der Waals surface area contributed by atoms with Crippen molar-refractivity contribution < 1.29 is 13.2 Å². The van der Waals surface area contributed by atoms with Crippen LogP contribution in [0.1, 0.15) is 36.7 Å². The number of hydrogen-bond acceptors (Lipinski definition) is 3. The maximum absolute atomic E-state index is 12.4. The quantitative estimate of drug-likeness (QED) is 0.835. The molecule has 0 fully saturated rings. The lowest BCUT2D eigenvalue weighted by Gasteiger charge is -2.20. The lowest BCUT2D eigenvalue weighted by molar-refractivity contribution is 0.0950. The van der Waals surface area contributed by atoms with E-state index in [1.165, 1.54) is 12.1 Å². The van der Waals surface area contributed by atoms with Gasteiger partial charge < -0.3 is 5.32 Å². The summed E-state index contributed by atoms with van der Waals surface area (Å²) in [5.41, 5.74) is 0.445. The third kappa shape index (κ3) is 5.56. The minimum Gasteiger partial charge on any atom is -0.348 e. The van der Waals surface area contributed by atoms with E-state index in [0.717, 1.165) is 5.56 Å². The first-order valence-corrected chi connectivity index (χ1v) is 9.60. The Bertz CT molecular complexity index is 874. The van der Waals surface area contributed by atoms with Crippen molar-refractivity contribution in [2.24, 2.45) is 0 Å². The Morgan fingerprint density at radius 3 is 2.40 bits per heavy atom. The monoisotopic (exact) mass is 380 g/mol. The molecule has 0 saturated heterocycles. The molecule has 2 rings (SSSR count). The summed E-state index contributed by atoms with van der Waals surface area (Å²) >= 11 is 6.06. The van der Waals surface area contributed by atoms with Crippen LogP contribution in [0.25, 0.3) is 0 Å². The molecule has 0 saturated carbocycles. The molecule has 0 unspecified atom stereocenters. The largest absolute Gasteiger partial charge is 0.348 e. The van der Waals surface area contributed by atoms with Gasteiger partial charge in [-0.2, -0.15) is 0 Å². The minimum atomic E-state index is -3.70. The fraction of sp³-hybridized carbons (Fsp3) is 0.278. The third-order valence-electron chi connectivity index (χ3n) is 3.24. The average Bonchev–Trinajstić information content (AvgIpc) is 2.52. The van der Waals surface area contributed by atoms with E-state index >= 15 is 0 Å². The molecule has 0 aliphatic rings. The highest BCUT2D eigenvalue weighted by Gasteiger charge is 2.22. The molecule has 0 spiro atoms. The van der Waals surface area contributed by atoms with Gasteiger partial charge in [-0.1, -0.05) is 35.9 Å². The lowest BCUT2D eigenvalue weighted by atomic mass is 10.1. The van der Waals surface area contributed by atoms with Gasteiger partial charge in [0, 0.05) is 22.7 Å². The fourth-order valence-corrected chi connectivity index (χ4v) is 3.85. The molecule has 7 heteroatoms. The van der Waals surface area contributed by atoms with Crippen LogP contribution in [0.4, 0.5) is 0 Å². The van der Waals surface area contributed by atoms with Gasteiger partial charge in [0.05, 0.1) is 4.90 Å². The van der Waals surface area contributed by atoms with Gasteiger partial charge in [0.2, 0.25) is 10.0 Å². The molecule has 2 aromatic rings. The molecule has 0 atom stereocenters. The number of nitrogens with one attached hydrogen (secondary N) is 2. The maximum Gasteiger partial charge on any atom is 0.251 e. The summed E-state index contributed by atoms with van der Waals surface area (Å²) in [6.07, 6.45) is 0. The molecule has 1 amide bonds. The van der Waals surface area contributed by atoms with E-state index in [2.05, 4.69) is 10.0 Å². The maximum atomic E-state index is 12.4. The van der Waals surface area contributed by atoms with E-state index in [9.17, 15) is 13.2 Å². The van der Waals surface area contributed by atoms with Gasteiger partial charge >= 0.3 is 0 Å². The van der Waals surface area contributed by atoms with Gasteiger partial charge in [0.1, 0.15) is 0 Å². The summed E-state index contributed by atoms with van der Waals surface area (Å²) in [6, 6.07) is 13.1. The van der Waals surface area contributed by atoms with Crippen LogP contribution >= 0.6 is 11.6 Å². The SMILES string of the molecule is CC(C)(C)NS(=O)(=O)c1cccc(C(=O)NCc2ccccc2Cl)c1. The van der Waals surface area contributed by atoms with Crippen LogP contribution < -0.4 is 10.0 Å². The van der Waals surface area contributed by atoms with Gasteiger partial charge in [-0.15, -0.1) is 0 Å². The summed E-state index contributed by atoms with van der Waals surface area (Å²) < 4.78 is 27.3. The van der Waals surface area contributed by atoms with Gasteiger partial charge in [-0.3, -0.25) is 4.79 Å². The van der Waals surface area contributed by atoms with Gasteiger partial charge in [0.25, 0.3) is 5.91 Å². The topological polar surface area (TPSA) is 75.3 Å². The van der Waals surface area contributed by atoms with Crippen molar-refractivity contribution in [3.63, 3.8) is 0 Å². The molecule has 0 heterocycles. The third-order valence-corrected chi connectivity index (χ3v) is 5.37. The van der Waals surface area contributed by atoms with Gasteiger partial charge in [-0.05, 0) is 50.6 Å². The second-order valence-electron chi connectivity index (χ2n) is 6.66. The van der Waals surface area contributed by atoms with Crippen molar-refractivity contribution in [1.29, 1.82) is 0 Å². The van der Waals surface area contributed by atoms with Crippen LogP contribution in [0.2, 0.25) is 5.02 Å². The van der Waals surface area contributed by atoms with E-state index < -0.39 is 15.6 Å². The zero-order chi connectivity index (χ0) is 18.7. The summed E-state index contributed by atoms with van der Waals surface area (Å²) in [5.74, 6) is -0.368. The van der Waals surface area contributed by atoms with E-state index in [4.69, 9.17) is 11.6 Å². The zero-order valence-electron chi connectivity index (χ0n) is 14.3. The predicted molar refractivity (Wildman–Crippen MR) is 99.1 cm³/mol. The number of amides is 1. The standard InChI is InChI=1S/C18H21ClN2O3S/c1-18(2,3)21-25(23,24)15-9-6-8-13(11-15)17(22)20-12-14-7-4-5-10-16(14)19/h4-11,21H,12H2,1-3H3,(H,20,22). The van der Waals surface area contributed by atoms with Crippen molar-refractivity contribution in [2.45, 2.75) is 37.8 Å². The highest BCUT2D eigenvalue weighted by molar-refractivity contribution is 7.89. The fourth-order valence-electron chi connectivity index (χ4n) is 2.19. The van der Waals surface area contributed by atoms with Crippen LogP contribution in [0, 0.1) is 0 Å². The van der Waals surface area contributed by atoms with Gasteiger partial charge in [-0.25, -0.2) is 13.1 Å². The second kappa shape index (κ2) is 7.56. The second-order valence-corrected chi connectivity index (χ2v) is 8.75. The first-order valence-electron chi connectivity index (χ1n) is 7.74. The van der Waals surface area contributed by atoms with Crippen LogP contribution in [0.3, 0.4) is 0 Å². The number of sulfonamides is 1. The van der Waals surface area contributed by atoms with Crippen molar-refractivity contribution in [2.75, 3.05) is 0 Å². The molecule has 2 N–H and O–H groups in total. The molecule has 0 aliphatic heterocycles. The number of carbonyl (C=O) groups excluding carboxylic acids is 1. The van der Waals surface area contributed by atoms with E-state index in [-0.39, 0.29) is 22.9 Å². The lowest BCUT2D eigenvalue weighted by Crippen LogP contribution is -2.40. The Balaban J connectivity index is 2.15. The number of halogens is 1. The Hall–Kier alpha value is -1.89. The molecular weight excluding hydrogens is 360 g/mol. The van der Waals surface area contributed by atoms with Crippen LogP contribution in [-0.4, -0.2) is 19.9 Å². The molecule has 5 nitrogen and oxygen atoms in total. The number of rotatable bonds is 5.